The Morgan fingerprint density at radius 2 is 1.82 bits per heavy atom. The zero-order chi connectivity index (χ0) is 16.3. The van der Waals surface area contributed by atoms with Crippen molar-refractivity contribution in [3.63, 3.8) is 0 Å². The van der Waals surface area contributed by atoms with Gasteiger partial charge in [-0.05, 0) is 5.56 Å². The van der Waals surface area contributed by atoms with Gasteiger partial charge in [0.05, 0.1) is 6.54 Å². The van der Waals surface area contributed by atoms with Crippen molar-refractivity contribution in [3.8, 4) is 0 Å². The number of hydrogen-bond acceptors (Lipinski definition) is 5. The molecule has 0 spiro atoms. The Labute approximate surface area is 123 Å². The lowest BCUT2D eigenvalue weighted by molar-refractivity contribution is -0.145. The first-order valence-corrected chi connectivity index (χ1v) is 6.18. The van der Waals surface area contributed by atoms with Crippen LogP contribution in [0.25, 0.3) is 0 Å². The molecule has 0 fully saturated rings. The van der Waals surface area contributed by atoms with Gasteiger partial charge in [-0.25, -0.2) is 0 Å². The molecule has 2 N–H and O–H groups in total. The molecule has 0 unspecified atom stereocenters. The molecule has 116 valence electrons. The average Bonchev–Trinajstić information content (AvgIpc) is 2.44. The highest BCUT2D eigenvalue weighted by Gasteiger charge is 2.36. The van der Waals surface area contributed by atoms with Crippen molar-refractivity contribution in [1.82, 2.24) is 15.0 Å². The number of carbonyl (C=O) groups excluding carboxylic acids is 1. The number of nitrogens with two attached hydrogens (primary N) is 1. The molecule has 2 rings (SSSR count). The monoisotopic (exact) mass is 311 g/mol. The molecule has 1 aromatic carbocycles. The van der Waals surface area contributed by atoms with Crippen molar-refractivity contribution in [2.24, 2.45) is 0 Å². The van der Waals surface area contributed by atoms with Crippen molar-refractivity contribution in [3.05, 3.63) is 41.7 Å². The van der Waals surface area contributed by atoms with E-state index in [1.807, 2.05) is 0 Å². The molecular weight excluding hydrogens is 299 g/mol. The first kappa shape index (κ1) is 15.7. The van der Waals surface area contributed by atoms with Crippen LogP contribution in [0.2, 0.25) is 0 Å². The second-order valence-electron chi connectivity index (χ2n) is 4.41. The number of alkyl halides is 3. The first-order valence-electron chi connectivity index (χ1n) is 6.18. The Morgan fingerprint density at radius 1 is 1.18 bits per heavy atom. The third-order valence-electron chi connectivity index (χ3n) is 2.70. The van der Waals surface area contributed by atoms with Gasteiger partial charge < -0.3 is 5.73 Å². The molecule has 0 radical (unpaired) electrons. The number of anilines is 2. The van der Waals surface area contributed by atoms with Crippen molar-refractivity contribution in [1.29, 1.82) is 0 Å². The van der Waals surface area contributed by atoms with Crippen LogP contribution in [0.1, 0.15) is 18.3 Å². The molecule has 2 aromatic rings. The molecule has 22 heavy (non-hydrogen) atoms. The molecule has 0 bridgehead atoms. The van der Waals surface area contributed by atoms with Gasteiger partial charge in [-0.1, -0.05) is 30.3 Å². The Balaban J connectivity index is 2.41. The van der Waals surface area contributed by atoms with Gasteiger partial charge in [-0.2, -0.15) is 28.1 Å². The van der Waals surface area contributed by atoms with Crippen LogP contribution >= 0.6 is 0 Å². The van der Waals surface area contributed by atoms with E-state index in [2.05, 4.69) is 15.0 Å². The summed E-state index contributed by atoms with van der Waals surface area (Å²) in [7, 11) is 0. The summed E-state index contributed by atoms with van der Waals surface area (Å²) in [5, 5.41) is 0. The largest absolute Gasteiger partial charge is 0.451 e. The van der Waals surface area contributed by atoms with E-state index in [-0.39, 0.29) is 6.54 Å². The topological polar surface area (TPSA) is 85.0 Å². The molecule has 0 saturated heterocycles. The predicted molar refractivity (Wildman–Crippen MR) is 72.5 cm³/mol. The van der Waals surface area contributed by atoms with Crippen LogP contribution in [-0.2, 0) is 17.5 Å². The lowest BCUT2D eigenvalue weighted by Crippen LogP contribution is -2.31. The van der Waals surface area contributed by atoms with E-state index in [9.17, 15) is 18.0 Å². The van der Waals surface area contributed by atoms with Crippen molar-refractivity contribution < 1.29 is 18.0 Å². The zero-order valence-corrected chi connectivity index (χ0v) is 11.5. The number of rotatable bonds is 3. The van der Waals surface area contributed by atoms with Crippen molar-refractivity contribution in [2.75, 3.05) is 10.6 Å². The van der Waals surface area contributed by atoms with Gasteiger partial charge in [0.15, 0.2) is 0 Å². The summed E-state index contributed by atoms with van der Waals surface area (Å²) < 4.78 is 38.2. The third-order valence-corrected chi connectivity index (χ3v) is 2.70. The normalized spacial score (nSPS) is 11.3. The van der Waals surface area contributed by atoms with E-state index in [0.717, 1.165) is 4.90 Å². The molecular formula is C13H12F3N5O. The summed E-state index contributed by atoms with van der Waals surface area (Å²) >= 11 is 0. The fourth-order valence-electron chi connectivity index (χ4n) is 1.72. The molecule has 1 heterocycles. The van der Waals surface area contributed by atoms with Gasteiger partial charge in [-0.15, -0.1) is 0 Å². The third kappa shape index (κ3) is 3.68. The second kappa shape index (κ2) is 5.96. The highest BCUT2D eigenvalue weighted by atomic mass is 19.4. The maximum Gasteiger partial charge on any atom is 0.451 e. The Hall–Kier alpha value is -2.71. The summed E-state index contributed by atoms with van der Waals surface area (Å²) in [4.78, 5) is 22.7. The number of carbonyl (C=O) groups is 1. The van der Waals surface area contributed by atoms with Crippen LogP contribution in [0, 0.1) is 0 Å². The standard InChI is InChI=1S/C13H12F3N5O/c1-8(22)21(7-9-5-3-2-4-6-9)12-19-10(13(14,15)16)18-11(17)20-12/h2-6H,7H2,1H3,(H2,17,18,19,20). The van der Waals surface area contributed by atoms with Crippen molar-refractivity contribution in [2.45, 2.75) is 19.6 Å². The van der Waals surface area contributed by atoms with E-state index in [4.69, 9.17) is 5.73 Å². The van der Waals surface area contributed by atoms with Crippen LogP contribution in [0.5, 0.6) is 0 Å². The van der Waals surface area contributed by atoms with Gasteiger partial charge in [0, 0.05) is 6.92 Å². The van der Waals surface area contributed by atoms with E-state index >= 15 is 0 Å². The minimum atomic E-state index is -4.78. The predicted octanol–water partition coefficient (Wildman–Crippen LogP) is 2.03. The lowest BCUT2D eigenvalue weighted by atomic mass is 10.2. The molecule has 1 amide bonds. The quantitative estimate of drug-likeness (QED) is 0.937. The number of hydrogen-bond donors (Lipinski definition) is 1. The summed E-state index contributed by atoms with van der Waals surface area (Å²) in [6.45, 7) is 1.23. The Kier molecular flexibility index (Phi) is 4.25. The maximum atomic E-state index is 12.7. The summed E-state index contributed by atoms with van der Waals surface area (Å²) in [6, 6.07) is 8.73. The number of nitrogen functional groups attached to an aromatic ring is 1. The Morgan fingerprint density at radius 3 is 2.36 bits per heavy atom. The number of halogens is 3. The van der Waals surface area contributed by atoms with Crippen LogP contribution in [0.3, 0.4) is 0 Å². The average molecular weight is 311 g/mol. The van der Waals surface area contributed by atoms with Crippen LogP contribution in [0.4, 0.5) is 25.1 Å². The maximum absolute atomic E-state index is 12.7. The van der Waals surface area contributed by atoms with Gasteiger partial charge in [0.2, 0.25) is 23.6 Å². The summed E-state index contributed by atoms with van der Waals surface area (Å²) in [5.41, 5.74) is 6.00. The molecule has 9 heteroatoms. The van der Waals surface area contributed by atoms with E-state index in [0.29, 0.717) is 5.56 Å². The van der Waals surface area contributed by atoms with Gasteiger partial charge in [-0.3, -0.25) is 9.69 Å². The van der Waals surface area contributed by atoms with E-state index in [1.54, 1.807) is 30.3 Å². The van der Waals surface area contributed by atoms with Gasteiger partial charge >= 0.3 is 6.18 Å². The zero-order valence-electron chi connectivity index (χ0n) is 11.5. The number of nitrogens with zero attached hydrogens (tertiary/aromatic N) is 4. The lowest BCUT2D eigenvalue weighted by Gasteiger charge is -2.20. The van der Waals surface area contributed by atoms with Crippen molar-refractivity contribution >= 4 is 17.8 Å². The highest BCUT2D eigenvalue weighted by molar-refractivity contribution is 5.89. The molecule has 0 aliphatic carbocycles. The minimum absolute atomic E-state index is 0.0247. The summed E-state index contributed by atoms with van der Waals surface area (Å²) in [5.74, 6) is -2.98. The first-order chi connectivity index (χ1) is 10.3. The molecule has 0 atom stereocenters. The number of benzene rings is 1. The molecule has 0 aliphatic rings. The molecule has 0 aliphatic heterocycles. The molecule has 1 aromatic heterocycles. The minimum Gasteiger partial charge on any atom is -0.368 e. The van der Waals surface area contributed by atoms with Crippen LogP contribution in [-0.4, -0.2) is 20.9 Å². The van der Waals surface area contributed by atoms with Crippen LogP contribution in [0.15, 0.2) is 30.3 Å². The highest BCUT2D eigenvalue weighted by Crippen LogP contribution is 2.27. The fourth-order valence-corrected chi connectivity index (χ4v) is 1.72. The SMILES string of the molecule is CC(=O)N(Cc1ccccc1)c1nc(N)nc(C(F)(F)F)n1. The van der Waals surface area contributed by atoms with Gasteiger partial charge in [0.25, 0.3) is 0 Å². The van der Waals surface area contributed by atoms with Gasteiger partial charge in [0.1, 0.15) is 0 Å². The number of amides is 1. The Bertz CT molecular complexity index is 675. The van der Waals surface area contributed by atoms with Crippen LogP contribution < -0.4 is 10.6 Å². The fraction of sp³-hybridized carbons (Fsp3) is 0.231. The smallest absolute Gasteiger partial charge is 0.368 e. The van der Waals surface area contributed by atoms with E-state index in [1.165, 1.54) is 6.92 Å². The summed E-state index contributed by atoms with van der Waals surface area (Å²) in [6.07, 6.45) is -4.78. The molecule has 6 nitrogen and oxygen atoms in total. The molecule has 0 saturated carbocycles. The second-order valence-corrected chi connectivity index (χ2v) is 4.41. The van der Waals surface area contributed by atoms with E-state index < -0.39 is 29.8 Å². The number of aromatic nitrogens is 3.